The van der Waals surface area contributed by atoms with Gasteiger partial charge in [0, 0.05) is 37.5 Å². The van der Waals surface area contributed by atoms with Crippen molar-refractivity contribution in [2.24, 2.45) is 11.3 Å². The van der Waals surface area contributed by atoms with Crippen LogP contribution >= 0.6 is 0 Å². The highest BCUT2D eigenvalue weighted by molar-refractivity contribution is 5.80. The van der Waals surface area contributed by atoms with Crippen molar-refractivity contribution >= 4 is 11.8 Å². The Morgan fingerprint density at radius 1 is 0.538 bits per heavy atom. The molecule has 19 nitrogen and oxygen atoms in total. The van der Waals surface area contributed by atoms with E-state index in [-0.39, 0.29) is 30.3 Å². The zero-order valence-corrected chi connectivity index (χ0v) is 31.4. The number of hydrogen-bond acceptors (Lipinski definition) is 17. The molecule has 0 saturated heterocycles. The third-order valence-corrected chi connectivity index (χ3v) is 7.99. The molecule has 17 N–H and O–H groups in total. The lowest BCUT2D eigenvalue weighted by Crippen LogP contribution is -2.50. The van der Waals surface area contributed by atoms with Crippen LogP contribution < -0.4 is 16.0 Å². The van der Waals surface area contributed by atoms with Crippen LogP contribution in [0.3, 0.4) is 0 Å². The minimum absolute atomic E-state index is 0.0734. The van der Waals surface area contributed by atoms with Gasteiger partial charge in [-0.2, -0.15) is 0 Å². The van der Waals surface area contributed by atoms with Crippen LogP contribution in [0, 0.1) is 11.3 Å². The van der Waals surface area contributed by atoms with Gasteiger partial charge in [-0.15, -0.1) is 0 Å². The van der Waals surface area contributed by atoms with Crippen LogP contribution in [0.2, 0.25) is 0 Å². The fraction of sp³-hybridized carbons (Fsp3) is 0.939. The highest BCUT2D eigenvalue weighted by atomic mass is 16.4. The number of aliphatic hydroxyl groups excluding tert-OH is 14. The van der Waals surface area contributed by atoms with Crippen LogP contribution in [0.15, 0.2) is 0 Å². The highest BCUT2D eigenvalue weighted by Gasteiger charge is 2.33. The van der Waals surface area contributed by atoms with Gasteiger partial charge in [0.15, 0.2) is 0 Å². The molecule has 52 heavy (non-hydrogen) atoms. The van der Waals surface area contributed by atoms with E-state index in [0.717, 1.165) is 0 Å². The van der Waals surface area contributed by atoms with Gasteiger partial charge in [-0.1, -0.05) is 27.7 Å². The quantitative estimate of drug-likeness (QED) is 0.0461. The van der Waals surface area contributed by atoms with E-state index in [0.29, 0.717) is 12.8 Å². The van der Waals surface area contributed by atoms with Crippen molar-refractivity contribution in [3.8, 4) is 0 Å². The topological polar surface area (TPSA) is 353 Å². The number of carbonyl (C=O) groups is 2. The van der Waals surface area contributed by atoms with Crippen LogP contribution in [0.4, 0.5) is 0 Å². The van der Waals surface area contributed by atoms with Gasteiger partial charge < -0.3 is 87.4 Å². The van der Waals surface area contributed by atoms with Crippen molar-refractivity contribution in [2.75, 3.05) is 32.8 Å². The first kappa shape index (κ1) is 52.4. The Bertz CT molecular complexity index is 969. The number of nitrogens with one attached hydrogen (secondary N) is 3. The molecular formula is C33H69N3O16. The van der Waals surface area contributed by atoms with Gasteiger partial charge in [-0.05, 0) is 45.4 Å². The average Bonchev–Trinajstić information content (AvgIpc) is 3.09. The van der Waals surface area contributed by atoms with Crippen LogP contribution in [0.5, 0.6) is 0 Å². The lowest BCUT2D eigenvalue weighted by atomic mass is 9.82. The normalized spacial score (nSPS) is 19.9. The summed E-state index contributed by atoms with van der Waals surface area (Å²) in [5.41, 5.74) is -0.489. The van der Waals surface area contributed by atoms with Crippen molar-refractivity contribution < 1.29 is 81.1 Å². The van der Waals surface area contributed by atoms with Crippen LogP contribution in [-0.2, 0) is 9.59 Å². The summed E-state index contributed by atoms with van der Waals surface area (Å²) in [4.78, 5) is 24.9. The van der Waals surface area contributed by atoms with Gasteiger partial charge in [0.2, 0.25) is 11.8 Å². The largest absolute Gasteiger partial charge is 0.394 e. The first-order chi connectivity index (χ1) is 23.7. The molecule has 312 valence electrons. The predicted molar refractivity (Wildman–Crippen MR) is 187 cm³/mol. The lowest BCUT2D eigenvalue weighted by Gasteiger charge is -2.29. The molecule has 0 aliphatic carbocycles. The maximum atomic E-state index is 12.7. The maximum Gasteiger partial charge on any atom is 0.223 e. The number of carbonyl (C=O) groups excluding carboxylic acids is 2. The fourth-order valence-corrected chi connectivity index (χ4v) is 4.62. The van der Waals surface area contributed by atoms with Gasteiger partial charge in [-0.3, -0.25) is 9.59 Å². The summed E-state index contributed by atoms with van der Waals surface area (Å²) in [5, 5.41) is 141. The van der Waals surface area contributed by atoms with Crippen molar-refractivity contribution in [3.63, 3.8) is 0 Å². The Balaban J connectivity index is 0. The fourth-order valence-electron chi connectivity index (χ4n) is 4.62. The summed E-state index contributed by atoms with van der Waals surface area (Å²) >= 11 is 0. The van der Waals surface area contributed by atoms with Crippen LogP contribution in [0.1, 0.15) is 74.1 Å². The highest BCUT2D eigenvalue weighted by Crippen LogP contribution is 2.27. The molecule has 0 fully saturated rings. The first-order valence-electron chi connectivity index (χ1n) is 17.4. The summed E-state index contributed by atoms with van der Waals surface area (Å²) in [7, 11) is 0. The molecule has 0 saturated carbocycles. The summed E-state index contributed by atoms with van der Waals surface area (Å²) in [6.07, 6.45) is -18.1. The van der Waals surface area contributed by atoms with E-state index in [2.05, 4.69) is 16.0 Å². The molecule has 0 heterocycles. The van der Waals surface area contributed by atoms with E-state index < -0.39 is 117 Å². The molecule has 0 aromatic rings. The van der Waals surface area contributed by atoms with E-state index in [4.69, 9.17) is 10.2 Å². The Labute approximate surface area is 306 Å². The third kappa shape index (κ3) is 21.9. The molecule has 0 aromatic carbocycles. The van der Waals surface area contributed by atoms with Gasteiger partial charge in [0.05, 0.1) is 37.6 Å². The molecule has 13 atom stereocenters. The smallest absolute Gasteiger partial charge is 0.223 e. The molecule has 0 aliphatic heterocycles. The van der Waals surface area contributed by atoms with E-state index in [1.165, 1.54) is 0 Å². The average molecular weight is 764 g/mol. The first-order valence-corrected chi connectivity index (χ1v) is 17.4. The number of amides is 2. The summed E-state index contributed by atoms with van der Waals surface area (Å²) in [6, 6.07) is 0. The lowest BCUT2D eigenvalue weighted by molar-refractivity contribution is -0.131. The van der Waals surface area contributed by atoms with Crippen molar-refractivity contribution in [1.29, 1.82) is 0 Å². The second-order valence-corrected chi connectivity index (χ2v) is 15.3. The van der Waals surface area contributed by atoms with E-state index in [1.807, 2.05) is 41.5 Å². The summed E-state index contributed by atoms with van der Waals surface area (Å²) in [6.45, 7) is 10.7. The number of β-amino-alcohol motifs (C(OH)–C–C–N with tert-alkyl or cyclic N) is 1. The third-order valence-electron chi connectivity index (χ3n) is 7.99. The Morgan fingerprint density at radius 2 is 0.904 bits per heavy atom. The number of rotatable bonds is 23. The predicted octanol–water partition coefficient (Wildman–Crippen LogP) is -5.85. The molecule has 0 aromatic heterocycles. The molecule has 1 unspecified atom stereocenters. The maximum absolute atomic E-state index is 12.7. The monoisotopic (exact) mass is 763 g/mol. The minimum atomic E-state index is -1.84. The molecule has 0 radical (unpaired) electrons. The SMILES string of the molecule is CC(C)(C)CC(CCC(=O)NC[C@H](O)[C@@H](O)[C@H](O)[C@H](O)CO)C(=O)NC[C@H](O)[C@@H](O)[C@H](O)[C@H](O)CO.CC[C@@H](O)[C@@H](O)[C@H](O)[C@@H](O)CNC(C)(C)C. The Hall–Kier alpha value is -1.66. The van der Waals surface area contributed by atoms with Gasteiger partial charge >= 0.3 is 0 Å². The summed E-state index contributed by atoms with van der Waals surface area (Å²) in [5.74, 6) is -1.79. The molecular weight excluding hydrogens is 694 g/mol. The zero-order chi connectivity index (χ0) is 41.1. The molecule has 0 bridgehead atoms. The van der Waals surface area contributed by atoms with Gasteiger partial charge in [-0.25, -0.2) is 0 Å². The molecule has 0 rings (SSSR count). The standard InChI is InChI=1S/C22H44N2O12.C11H25NO4/c1-22(2,3)6-11(21(36)24-8-13(28)18(33)20(35)15(30)10-26)4-5-16(31)23-7-12(27)17(32)19(34)14(29)9-25;1-5-7(13)9(15)10(16)8(14)6-12-11(2,3)4/h11-15,17-20,25-30,32-35H,4-10H2,1-3H3,(H,23,31)(H,24,36);7-10,12-16H,5-6H2,1-4H3/t11?,12-,13-,14+,15+,17+,18+,19+,20+;7-,8+,9-,10-/m01/s1. The Kier molecular flexibility index (Phi) is 25.6. The molecule has 2 amide bonds. The second-order valence-electron chi connectivity index (χ2n) is 15.3. The van der Waals surface area contributed by atoms with E-state index in [1.54, 1.807) is 6.92 Å². The number of hydrogen-bond donors (Lipinski definition) is 17. The Morgan fingerprint density at radius 3 is 1.27 bits per heavy atom. The molecule has 19 heteroatoms. The van der Waals surface area contributed by atoms with E-state index in [9.17, 15) is 70.9 Å². The molecule has 0 spiro atoms. The minimum Gasteiger partial charge on any atom is -0.394 e. The van der Waals surface area contributed by atoms with Crippen LogP contribution in [-0.4, -0.2) is 195 Å². The van der Waals surface area contributed by atoms with Crippen molar-refractivity contribution in [2.45, 2.75) is 153 Å². The van der Waals surface area contributed by atoms with Crippen LogP contribution in [0.25, 0.3) is 0 Å². The van der Waals surface area contributed by atoms with Gasteiger partial charge in [0.1, 0.15) is 48.8 Å². The van der Waals surface area contributed by atoms with Crippen molar-refractivity contribution in [1.82, 2.24) is 16.0 Å². The molecule has 0 aliphatic rings. The second kappa shape index (κ2) is 25.4. The summed E-state index contributed by atoms with van der Waals surface area (Å²) < 4.78 is 0. The van der Waals surface area contributed by atoms with E-state index >= 15 is 0 Å². The number of aliphatic hydroxyl groups is 14. The zero-order valence-electron chi connectivity index (χ0n) is 31.4. The van der Waals surface area contributed by atoms with Gasteiger partial charge in [0.25, 0.3) is 0 Å². The van der Waals surface area contributed by atoms with Crippen molar-refractivity contribution in [3.05, 3.63) is 0 Å².